The molecule has 3 aromatic carbocycles. The molecule has 0 aromatic heterocycles. The number of aryl methyl sites for hydroxylation is 1. The number of nitrogens with zero attached hydrogens (tertiary/aromatic N) is 1. The molecule has 1 aliphatic rings. The minimum absolute atomic E-state index is 0.0956. The van der Waals surface area contributed by atoms with Crippen LogP contribution in [-0.2, 0) is 16.1 Å². The fourth-order valence-electron chi connectivity index (χ4n) is 3.07. The molecule has 4 nitrogen and oxygen atoms in total. The highest BCUT2D eigenvalue weighted by Gasteiger charge is 2.24. The van der Waals surface area contributed by atoms with Crippen molar-refractivity contribution in [2.75, 3.05) is 0 Å². The molecule has 0 bridgehead atoms. The molecule has 1 heterocycles. The first-order valence-electron chi connectivity index (χ1n) is 9.35. The molecule has 0 fully saturated rings. The highest BCUT2D eigenvalue weighted by atomic mass is 127. The molecular weight excluding hydrogens is 623 g/mol. The average Bonchev–Trinajstić information content (AvgIpc) is 3.08. The lowest BCUT2D eigenvalue weighted by Crippen LogP contribution is -2.05. The van der Waals surface area contributed by atoms with Crippen molar-refractivity contribution in [1.82, 2.24) is 0 Å². The van der Waals surface area contributed by atoms with Gasteiger partial charge in [-0.25, -0.2) is 14.2 Å². The van der Waals surface area contributed by atoms with Gasteiger partial charge in [0.2, 0.25) is 5.90 Å². The second-order valence-electron chi connectivity index (χ2n) is 6.94. The molecule has 7 heteroatoms. The molecule has 31 heavy (non-hydrogen) atoms. The van der Waals surface area contributed by atoms with Crippen molar-refractivity contribution in [2.45, 2.75) is 13.5 Å². The highest BCUT2D eigenvalue weighted by Crippen LogP contribution is 2.31. The number of rotatable bonds is 5. The zero-order valence-electron chi connectivity index (χ0n) is 16.4. The summed E-state index contributed by atoms with van der Waals surface area (Å²) >= 11 is 4.43. The summed E-state index contributed by atoms with van der Waals surface area (Å²) in [6, 6.07) is 17.8. The zero-order chi connectivity index (χ0) is 22.0. The number of esters is 1. The van der Waals surface area contributed by atoms with Gasteiger partial charge in [0, 0.05) is 5.56 Å². The number of aliphatic imine (C=N–C) groups is 1. The van der Waals surface area contributed by atoms with E-state index < -0.39 is 11.8 Å². The van der Waals surface area contributed by atoms with E-state index in [0.717, 1.165) is 24.0 Å². The molecule has 4 rings (SSSR count). The highest BCUT2D eigenvalue weighted by molar-refractivity contribution is 14.1. The number of hydrogen-bond donors (Lipinski definition) is 0. The van der Waals surface area contributed by atoms with Crippen LogP contribution in [-0.4, -0.2) is 11.9 Å². The zero-order valence-corrected chi connectivity index (χ0v) is 20.7. The third kappa shape index (κ3) is 5.32. The first kappa shape index (κ1) is 21.9. The summed E-state index contributed by atoms with van der Waals surface area (Å²) in [6.45, 7) is 2.53. The van der Waals surface area contributed by atoms with Gasteiger partial charge in [0.1, 0.15) is 18.2 Å². The SMILES string of the molecule is Cc1cccc(COc2c(I)cc(/C=C3/N=C(c4cccc(F)c4)OC3=O)cc2I)c1. The number of benzene rings is 3. The van der Waals surface area contributed by atoms with Gasteiger partial charge in [-0.1, -0.05) is 35.9 Å². The van der Waals surface area contributed by atoms with Crippen LogP contribution in [0.4, 0.5) is 4.39 Å². The van der Waals surface area contributed by atoms with Crippen LogP contribution in [0.2, 0.25) is 0 Å². The van der Waals surface area contributed by atoms with Crippen LogP contribution >= 0.6 is 45.2 Å². The molecule has 0 amide bonds. The third-order valence-electron chi connectivity index (χ3n) is 4.48. The van der Waals surface area contributed by atoms with E-state index >= 15 is 0 Å². The molecule has 1 aliphatic heterocycles. The maximum absolute atomic E-state index is 13.5. The van der Waals surface area contributed by atoms with Crippen molar-refractivity contribution in [1.29, 1.82) is 0 Å². The van der Waals surface area contributed by atoms with E-state index in [1.807, 2.05) is 24.3 Å². The summed E-state index contributed by atoms with van der Waals surface area (Å²) in [6.07, 6.45) is 1.66. The van der Waals surface area contributed by atoms with Gasteiger partial charge in [-0.05, 0) is 99.6 Å². The Bertz CT molecular complexity index is 1210. The van der Waals surface area contributed by atoms with E-state index in [1.165, 1.54) is 17.7 Å². The van der Waals surface area contributed by atoms with Crippen molar-refractivity contribution < 1.29 is 18.7 Å². The van der Waals surface area contributed by atoms with E-state index in [9.17, 15) is 9.18 Å². The summed E-state index contributed by atoms with van der Waals surface area (Å²) in [7, 11) is 0. The Balaban J connectivity index is 1.56. The van der Waals surface area contributed by atoms with Crippen LogP contribution in [0.1, 0.15) is 22.3 Å². The van der Waals surface area contributed by atoms with Gasteiger partial charge in [-0.3, -0.25) is 0 Å². The smallest absolute Gasteiger partial charge is 0.363 e. The van der Waals surface area contributed by atoms with Crippen LogP contribution in [0.15, 0.2) is 71.4 Å². The maximum Gasteiger partial charge on any atom is 0.363 e. The van der Waals surface area contributed by atoms with Crippen LogP contribution in [0.25, 0.3) is 6.08 Å². The van der Waals surface area contributed by atoms with E-state index in [0.29, 0.717) is 12.2 Å². The van der Waals surface area contributed by atoms with E-state index in [4.69, 9.17) is 9.47 Å². The van der Waals surface area contributed by atoms with Gasteiger partial charge in [-0.2, -0.15) is 0 Å². The monoisotopic (exact) mass is 639 g/mol. The molecule has 0 N–H and O–H groups in total. The van der Waals surface area contributed by atoms with Gasteiger partial charge in [0.05, 0.1) is 7.14 Å². The quantitative estimate of drug-likeness (QED) is 0.188. The standard InChI is InChI=1S/C24H16FI2NO3/c1-14-4-2-5-15(8-14)13-30-22-19(26)9-16(10-20(22)27)11-21-24(29)31-23(28-21)17-6-3-7-18(25)12-17/h2-12H,13H2,1H3/b21-11+. The first-order chi connectivity index (χ1) is 14.9. The van der Waals surface area contributed by atoms with E-state index in [1.54, 1.807) is 18.2 Å². The van der Waals surface area contributed by atoms with Crippen LogP contribution in [0.5, 0.6) is 5.75 Å². The molecule has 0 saturated heterocycles. The number of carbonyl (C=O) groups excluding carboxylic acids is 1. The van der Waals surface area contributed by atoms with Gasteiger partial charge < -0.3 is 9.47 Å². The van der Waals surface area contributed by atoms with Crippen LogP contribution in [0.3, 0.4) is 0 Å². The Morgan fingerprint density at radius 2 is 1.81 bits per heavy atom. The van der Waals surface area contributed by atoms with Gasteiger partial charge in [-0.15, -0.1) is 0 Å². The van der Waals surface area contributed by atoms with Crippen molar-refractivity contribution >= 4 is 63.1 Å². The predicted molar refractivity (Wildman–Crippen MR) is 134 cm³/mol. The summed E-state index contributed by atoms with van der Waals surface area (Å²) < 4.78 is 26.6. The van der Waals surface area contributed by atoms with Crippen LogP contribution < -0.4 is 4.74 Å². The molecule has 156 valence electrons. The van der Waals surface area contributed by atoms with Gasteiger partial charge in [0.25, 0.3) is 0 Å². The number of ether oxygens (including phenoxy) is 2. The molecule has 0 unspecified atom stereocenters. The Hall–Kier alpha value is -2.27. The molecule has 3 aromatic rings. The summed E-state index contributed by atoms with van der Waals surface area (Å²) in [4.78, 5) is 16.5. The van der Waals surface area contributed by atoms with E-state index in [2.05, 4.69) is 69.2 Å². The summed E-state index contributed by atoms with van der Waals surface area (Å²) in [5.41, 5.74) is 3.67. The molecule has 0 aliphatic carbocycles. The second kappa shape index (κ2) is 9.47. The summed E-state index contributed by atoms with van der Waals surface area (Å²) in [5.74, 6) is -0.0934. The van der Waals surface area contributed by atoms with Gasteiger partial charge >= 0.3 is 5.97 Å². The topological polar surface area (TPSA) is 47.9 Å². The number of carbonyl (C=O) groups is 1. The van der Waals surface area contributed by atoms with Crippen molar-refractivity contribution in [2.24, 2.45) is 4.99 Å². The van der Waals surface area contributed by atoms with Crippen LogP contribution in [0, 0.1) is 19.9 Å². The van der Waals surface area contributed by atoms with Gasteiger partial charge in [0.15, 0.2) is 5.70 Å². The fraction of sp³-hybridized carbons (Fsp3) is 0.0833. The number of cyclic esters (lactones) is 1. The third-order valence-corrected chi connectivity index (χ3v) is 6.08. The molecular formula is C24H16FI2NO3. The van der Waals surface area contributed by atoms with E-state index in [-0.39, 0.29) is 11.6 Å². The fourth-order valence-corrected chi connectivity index (χ4v) is 5.20. The molecule has 0 atom stereocenters. The largest absolute Gasteiger partial charge is 0.487 e. The lowest BCUT2D eigenvalue weighted by atomic mass is 10.1. The maximum atomic E-state index is 13.5. The Morgan fingerprint density at radius 3 is 2.52 bits per heavy atom. The first-order valence-corrected chi connectivity index (χ1v) is 11.5. The number of hydrogen-bond acceptors (Lipinski definition) is 4. The summed E-state index contributed by atoms with van der Waals surface area (Å²) in [5, 5.41) is 0. The number of halogens is 3. The van der Waals surface area contributed by atoms with Crippen molar-refractivity contribution in [3.63, 3.8) is 0 Å². The van der Waals surface area contributed by atoms with Crippen molar-refractivity contribution in [3.05, 3.63) is 102 Å². The lowest BCUT2D eigenvalue weighted by molar-refractivity contribution is -0.129. The second-order valence-corrected chi connectivity index (χ2v) is 9.26. The van der Waals surface area contributed by atoms with Crippen molar-refractivity contribution in [3.8, 4) is 5.75 Å². The minimum Gasteiger partial charge on any atom is -0.487 e. The average molecular weight is 639 g/mol. The Kier molecular flexibility index (Phi) is 6.71. The molecule has 0 saturated carbocycles. The molecule has 0 spiro atoms. The normalized spacial score (nSPS) is 14.5. The predicted octanol–water partition coefficient (Wildman–Crippen LogP) is 6.27. The lowest BCUT2D eigenvalue weighted by Gasteiger charge is -2.12. The Labute approximate surface area is 206 Å². The molecule has 0 radical (unpaired) electrons. The minimum atomic E-state index is -0.566. The Morgan fingerprint density at radius 1 is 1.06 bits per heavy atom.